The molecule has 11 nitrogen and oxygen atoms in total. The van der Waals surface area contributed by atoms with Crippen LogP contribution in [0.25, 0.3) is 0 Å². The van der Waals surface area contributed by atoms with Crippen molar-refractivity contribution in [1.82, 2.24) is 9.91 Å². The van der Waals surface area contributed by atoms with Crippen molar-refractivity contribution in [3.63, 3.8) is 0 Å². The van der Waals surface area contributed by atoms with Crippen LogP contribution in [0.3, 0.4) is 0 Å². The van der Waals surface area contributed by atoms with E-state index in [2.05, 4.69) is 5.10 Å². The Kier molecular flexibility index (Phi) is 6.40. The summed E-state index contributed by atoms with van der Waals surface area (Å²) in [6.45, 7) is 5.54. The van der Waals surface area contributed by atoms with E-state index in [1.807, 2.05) is 20.8 Å². The Bertz CT molecular complexity index is 1470. The van der Waals surface area contributed by atoms with Crippen molar-refractivity contribution in [1.29, 1.82) is 0 Å². The summed E-state index contributed by atoms with van der Waals surface area (Å²) < 4.78 is 22.0. The van der Waals surface area contributed by atoms with Gasteiger partial charge in [0.2, 0.25) is 5.41 Å². The summed E-state index contributed by atoms with van der Waals surface area (Å²) in [5, 5.41) is 5.52. The first-order valence-electron chi connectivity index (χ1n) is 12.5. The number of fused-ring (bicyclic) bond motifs is 4. The second kappa shape index (κ2) is 9.51. The number of ether oxygens (including phenoxy) is 4. The second-order valence-electron chi connectivity index (χ2n) is 10.5. The molecule has 0 aliphatic carbocycles. The van der Waals surface area contributed by atoms with E-state index in [1.165, 1.54) is 19.2 Å². The number of hydrogen-bond acceptors (Lipinski definition) is 10. The summed E-state index contributed by atoms with van der Waals surface area (Å²) in [7, 11) is 3.80. The number of amides is 1. The molecule has 0 aromatic heterocycles. The Hall–Kier alpha value is -4.67. The number of carbonyl (C=O) groups is 4. The van der Waals surface area contributed by atoms with Crippen LogP contribution in [0.5, 0.6) is 11.5 Å². The van der Waals surface area contributed by atoms with E-state index in [0.29, 0.717) is 11.3 Å². The number of carbonyl (C=O) groups excluding carboxylic acids is 4. The lowest BCUT2D eigenvalue weighted by molar-refractivity contribution is -0.165. The minimum atomic E-state index is -2.08. The molecule has 1 amide bonds. The molecular formula is C29H29N3O8. The standard InChI is InChI=1S/C29H29N3O8/c1-28(2,3)31-15-19-21(33)18-9-7-8-10-20(18)40-23(19)29(27(36)39-6)22(25(35)38-5)32(30-26(29)31)24(34)16-11-13-17(37-4)14-12-16/h7-15,22-23H,1-6H3/t22-,23+,29+/m1/s1. The fourth-order valence-corrected chi connectivity index (χ4v) is 5.37. The van der Waals surface area contributed by atoms with E-state index >= 15 is 0 Å². The highest BCUT2D eigenvalue weighted by atomic mass is 16.5. The number of nitrogens with zero attached hydrogens (tertiary/aromatic N) is 3. The summed E-state index contributed by atoms with van der Waals surface area (Å²) in [4.78, 5) is 57.0. The van der Waals surface area contributed by atoms with Crippen molar-refractivity contribution in [2.75, 3.05) is 21.3 Å². The van der Waals surface area contributed by atoms with Gasteiger partial charge in [0.25, 0.3) is 5.91 Å². The molecule has 3 atom stereocenters. The van der Waals surface area contributed by atoms with Gasteiger partial charge < -0.3 is 23.8 Å². The number of amidine groups is 1. The van der Waals surface area contributed by atoms with E-state index in [1.54, 1.807) is 47.5 Å². The molecule has 3 aliphatic heterocycles. The van der Waals surface area contributed by atoms with Gasteiger partial charge in [-0.1, -0.05) is 12.1 Å². The van der Waals surface area contributed by atoms with Crippen molar-refractivity contribution >= 4 is 29.5 Å². The third kappa shape index (κ3) is 3.75. The summed E-state index contributed by atoms with van der Waals surface area (Å²) in [5.74, 6) is -2.14. The van der Waals surface area contributed by atoms with E-state index in [4.69, 9.17) is 18.9 Å². The Morgan fingerprint density at radius 2 is 1.65 bits per heavy atom. The summed E-state index contributed by atoms with van der Waals surface area (Å²) in [6.07, 6.45) is 0.219. The zero-order valence-corrected chi connectivity index (χ0v) is 23.0. The topological polar surface area (TPSA) is 124 Å². The zero-order chi connectivity index (χ0) is 29.0. The maximum absolute atomic E-state index is 14.0. The zero-order valence-electron chi connectivity index (χ0n) is 23.0. The normalized spacial score (nSPS) is 23.1. The maximum atomic E-state index is 14.0. The van der Waals surface area contributed by atoms with Crippen molar-refractivity contribution < 1.29 is 38.1 Å². The molecule has 11 heteroatoms. The van der Waals surface area contributed by atoms with E-state index in [0.717, 1.165) is 19.2 Å². The molecule has 2 aromatic carbocycles. The van der Waals surface area contributed by atoms with Gasteiger partial charge in [-0.3, -0.25) is 14.4 Å². The van der Waals surface area contributed by atoms with Gasteiger partial charge in [0.05, 0.1) is 32.5 Å². The molecule has 40 heavy (non-hydrogen) atoms. The number of para-hydroxylation sites is 1. The van der Waals surface area contributed by atoms with Crippen LogP contribution in [0, 0.1) is 5.41 Å². The van der Waals surface area contributed by atoms with Crippen LogP contribution < -0.4 is 9.47 Å². The lowest BCUT2D eigenvalue weighted by Crippen LogP contribution is -2.69. The monoisotopic (exact) mass is 547 g/mol. The number of ketones is 1. The first-order valence-corrected chi connectivity index (χ1v) is 12.5. The van der Waals surface area contributed by atoms with Gasteiger partial charge in [-0.25, -0.2) is 9.80 Å². The fraction of sp³-hybridized carbons (Fsp3) is 0.345. The van der Waals surface area contributed by atoms with Gasteiger partial charge >= 0.3 is 11.9 Å². The molecule has 0 N–H and O–H groups in total. The Morgan fingerprint density at radius 3 is 2.25 bits per heavy atom. The number of benzene rings is 2. The van der Waals surface area contributed by atoms with Crippen molar-refractivity contribution in [3.8, 4) is 11.5 Å². The molecule has 2 aromatic rings. The van der Waals surface area contributed by atoms with Crippen LogP contribution in [0.1, 0.15) is 41.5 Å². The van der Waals surface area contributed by atoms with Crippen LogP contribution in [0.2, 0.25) is 0 Å². The average Bonchev–Trinajstić information content (AvgIpc) is 3.32. The van der Waals surface area contributed by atoms with E-state index in [-0.39, 0.29) is 28.5 Å². The summed E-state index contributed by atoms with van der Waals surface area (Å²) in [6, 6.07) is 11.2. The van der Waals surface area contributed by atoms with Gasteiger partial charge in [0.1, 0.15) is 11.5 Å². The average molecular weight is 548 g/mol. The van der Waals surface area contributed by atoms with Gasteiger partial charge in [-0.05, 0) is 57.2 Å². The molecule has 0 saturated heterocycles. The molecule has 3 heterocycles. The van der Waals surface area contributed by atoms with E-state index in [9.17, 15) is 19.2 Å². The maximum Gasteiger partial charge on any atom is 0.332 e. The van der Waals surface area contributed by atoms with Crippen LogP contribution >= 0.6 is 0 Å². The number of hydrogen-bond donors (Lipinski definition) is 0. The molecule has 208 valence electrons. The summed E-state index contributed by atoms with van der Waals surface area (Å²) >= 11 is 0. The quantitative estimate of drug-likeness (QED) is 0.532. The van der Waals surface area contributed by atoms with E-state index < -0.39 is 40.9 Å². The minimum Gasteiger partial charge on any atom is -0.497 e. The van der Waals surface area contributed by atoms with Crippen LogP contribution in [0.4, 0.5) is 0 Å². The largest absolute Gasteiger partial charge is 0.497 e. The van der Waals surface area contributed by atoms with Gasteiger partial charge in [-0.2, -0.15) is 5.10 Å². The fourth-order valence-electron chi connectivity index (χ4n) is 5.37. The molecule has 0 unspecified atom stereocenters. The predicted molar refractivity (Wildman–Crippen MR) is 142 cm³/mol. The lowest BCUT2D eigenvalue weighted by atomic mass is 9.67. The van der Waals surface area contributed by atoms with Crippen LogP contribution in [-0.4, -0.2) is 78.4 Å². The van der Waals surface area contributed by atoms with Gasteiger partial charge in [-0.15, -0.1) is 0 Å². The van der Waals surface area contributed by atoms with Gasteiger partial charge in [0.15, 0.2) is 23.8 Å². The molecule has 5 rings (SSSR count). The number of hydrazone groups is 1. The second-order valence-corrected chi connectivity index (χ2v) is 10.5. The van der Waals surface area contributed by atoms with Crippen LogP contribution in [0.15, 0.2) is 65.4 Å². The van der Waals surface area contributed by atoms with Gasteiger partial charge in [0, 0.05) is 17.3 Å². The first kappa shape index (κ1) is 26.9. The third-order valence-corrected chi connectivity index (χ3v) is 7.29. The molecule has 0 saturated carbocycles. The number of esters is 2. The third-order valence-electron chi connectivity index (χ3n) is 7.29. The number of methoxy groups -OCH3 is 3. The smallest absolute Gasteiger partial charge is 0.332 e. The van der Waals surface area contributed by atoms with Crippen molar-refractivity contribution in [3.05, 3.63) is 71.4 Å². The van der Waals surface area contributed by atoms with Crippen molar-refractivity contribution in [2.24, 2.45) is 10.5 Å². The minimum absolute atomic E-state index is 0.0186. The lowest BCUT2D eigenvalue weighted by Gasteiger charge is -2.49. The molecule has 0 bridgehead atoms. The molecule has 0 radical (unpaired) electrons. The number of Topliss-reactive ketones (excluding diaryl/α,β-unsaturated/α-hetero) is 1. The Labute approximate surface area is 230 Å². The highest BCUT2D eigenvalue weighted by Crippen LogP contribution is 2.51. The molecule has 0 fully saturated rings. The molecule has 0 spiro atoms. The highest BCUT2D eigenvalue weighted by Gasteiger charge is 2.73. The molecular weight excluding hydrogens is 518 g/mol. The highest BCUT2D eigenvalue weighted by molar-refractivity contribution is 6.20. The first-order chi connectivity index (χ1) is 19.0. The molecule has 3 aliphatic rings. The summed E-state index contributed by atoms with van der Waals surface area (Å²) in [5.41, 5.74) is -2.24. The Morgan fingerprint density at radius 1 is 0.975 bits per heavy atom. The SMILES string of the molecule is COC(=O)[C@H]1N(C(=O)c2ccc(OC)cc2)N=C2N(C(C)(C)C)C=C3C(=O)c4ccccc4O[C@@H]3[C@]21C(=O)OC. The number of rotatable bonds is 4. The predicted octanol–water partition coefficient (Wildman–Crippen LogP) is 2.81. The van der Waals surface area contributed by atoms with Crippen molar-refractivity contribution in [2.45, 2.75) is 38.5 Å². The van der Waals surface area contributed by atoms with Crippen LogP contribution in [-0.2, 0) is 19.1 Å². The Balaban J connectivity index is 1.79.